The van der Waals surface area contributed by atoms with Crippen molar-refractivity contribution in [2.45, 2.75) is 0 Å². The molecule has 124 valence electrons. The van der Waals surface area contributed by atoms with E-state index in [2.05, 4.69) is 73.3 Å². The van der Waals surface area contributed by atoms with Gasteiger partial charge in [-0.15, -0.1) is 0 Å². The lowest BCUT2D eigenvalue weighted by atomic mass is 9.96. The third-order valence-corrected chi connectivity index (χ3v) is 5.02. The molecule has 1 heteroatoms. The van der Waals surface area contributed by atoms with E-state index in [4.69, 9.17) is 4.74 Å². The number of hydrogen-bond donors (Lipinski definition) is 0. The fourth-order valence-corrected chi connectivity index (χ4v) is 3.77. The number of fused-ring (bicyclic) bond motifs is 5. The maximum Gasteiger partial charge on any atom is 0.127 e. The van der Waals surface area contributed by atoms with Crippen LogP contribution in [0.25, 0.3) is 43.1 Å². The fraction of sp³-hybridized carbons (Fsp3) is 0.0400. The number of ether oxygens (including phenoxy) is 1. The highest BCUT2D eigenvalue weighted by atomic mass is 16.5. The largest absolute Gasteiger partial charge is 0.489 e. The molecule has 0 fully saturated rings. The van der Waals surface area contributed by atoms with Crippen LogP contribution in [-0.4, -0.2) is 6.61 Å². The number of hydrogen-bond acceptors (Lipinski definition) is 1. The van der Waals surface area contributed by atoms with Crippen molar-refractivity contribution in [3.63, 3.8) is 0 Å². The van der Waals surface area contributed by atoms with Crippen LogP contribution in [0.15, 0.2) is 91.5 Å². The van der Waals surface area contributed by atoms with E-state index in [1.807, 2.05) is 12.1 Å². The van der Waals surface area contributed by atoms with Gasteiger partial charge in [0.25, 0.3) is 0 Å². The molecule has 1 nitrogen and oxygen atoms in total. The van der Waals surface area contributed by atoms with Crippen LogP contribution in [0.5, 0.6) is 5.75 Å². The average Bonchev–Trinajstić information content (AvgIpc) is 2.69. The van der Waals surface area contributed by atoms with Gasteiger partial charge < -0.3 is 4.74 Å². The standard InChI is InChI=1S/C25H18O/c1-2-12-26-25-9-5-8-19-14-21-11-10-20-13-17-6-3-4-7-18(17)15-22(20)23(21)16-24(19)25/h2-11,13-16H,1,12H2. The van der Waals surface area contributed by atoms with Gasteiger partial charge in [-0.2, -0.15) is 0 Å². The summed E-state index contributed by atoms with van der Waals surface area (Å²) in [6.45, 7) is 4.26. The molecule has 0 heterocycles. The molecule has 26 heavy (non-hydrogen) atoms. The van der Waals surface area contributed by atoms with Crippen molar-refractivity contribution in [3.05, 3.63) is 91.5 Å². The Balaban J connectivity index is 1.87. The minimum absolute atomic E-state index is 0.511. The smallest absolute Gasteiger partial charge is 0.127 e. The predicted molar refractivity (Wildman–Crippen MR) is 112 cm³/mol. The Kier molecular flexibility index (Phi) is 3.39. The molecule has 5 rings (SSSR count). The third kappa shape index (κ3) is 2.33. The monoisotopic (exact) mass is 334 g/mol. The second-order valence-electron chi connectivity index (χ2n) is 6.64. The first-order valence-electron chi connectivity index (χ1n) is 8.85. The summed E-state index contributed by atoms with van der Waals surface area (Å²) in [6, 6.07) is 28.2. The lowest BCUT2D eigenvalue weighted by molar-refractivity contribution is 0.367. The van der Waals surface area contributed by atoms with Crippen molar-refractivity contribution in [3.8, 4) is 5.75 Å². The zero-order valence-electron chi connectivity index (χ0n) is 14.4. The molecule has 5 aromatic rings. The second kappa shape index (κ2) is 5.89. The van der Waals surface area contributed by atoms with E-state index in [0.717, 1.165) is 11.1 Å². The van der Waals surface area contributed by atoms with Crippen molar-refractivity contribution < 1.29 is 4.74 Å². The molecule has 0 aromatic heterocycles. The molecule has 0 amide bonds. The van der Waals surface area contributed by atoms with E-state index in [0.29, 0.717) is 6.61 Å². The quantitative estimate of drug-likeness (QED) is 0.199. The molecule has 0 aliphatic carbocycles. The van der Waals surface area contributed by atoms with E-state index < -0.39 is 0 Å². The molecule has 0 N–H and O–H groups in total. The summed E-state index contributed by atoms with van der Waals surface area (Å²) in [4.78, 5) is 0. The first-order valence-corrected chi connectivity index (χ1v) is 8.85. The summed E-state index contributed by atoms with van der Waals surface area (Å²) in [5.74, 6) is 0.905. The van der Waals surface area contributed by atoms with E-state index in [-0.39, 0.29) is 0 Å². The third-order valence-electron chi connectivity index (χ3n) is 5.02. The topological polar surface area (TPSA) is 9.23 Å². The van der Waals surface area contributed by atoms with Gasteiger partial charge in [0.2, 0.25) is 0 Å². The van der Waals surface area contributed by atoms with Crippen LogP contribution in [-0.2, 0) is 0 Å². The highest BCUT2D eigenvalue weighted by Gasteiger charge is 2.07. The first kappa shape index (κ1) is 15.0. The summed E-state index contributed by atoms with van der Waals surface area (Å²) in [5, 5.41) is 9.93. The molecule has 0 saturated heterocycles. The Bertz CT molecular complexity index is 1300. The van der Waals surface area contributed by atoms with Gasteiger partial charge in [0.05, 0.1) is 0 Å². The van der Waals surface area contributed by atoms with Gasteiger partial charge in [0.15, 0.2) is 0 Å². The van der Waals surface area contributed by atoms with Gasteiger partial charge in [-0.3, -0.25) is 0 Å². The first-order chi connectivity index (χ1) is 12.8. The van der Waals surface area contributed by atoms with E-state index >= 15 is 0 Å². The van der Waals surface area contributed by atoms with Crippen LogP contribution in [0.3, 0.4) is 0 Å². The summed E-state index contributed by atoms with van der Waals surface area (Å²) in [6.07, 6.45) is 1.78. The molecule has 0 aliphatic rings. The predicted octanol–water partition coefficient (Wildman–Crippen LogP) is 6.86. The Morgan fingerprint density at radius 3 is 2.00 bits per heavy atom. The van der Waals surface area contributed by atoms with Gasteiger partial charge in [-0.05, 0) is 68.0 Å². The Morgan fingerprint density at radius 1 is 0.615 bits per heavy atom. The van der Waals surface area contributed by atoms with E-state index in [9.17, 15) is 0 Å². The minimum atomic E-state index is 0.511. The summed E-state index contributed by atoms with van der Waals surface area (Å²) in [7, 11) is 0. The van der Waals surface area contributed by atoms with Crippen LogP contribution in [0.4, 0.5) is 0 Å². The molecule has 0 bridgehead atoms. The minimum Gasteiger partial charge on any atom is -0.489 e. The number of benzene rings is 5. The highest BCUT2D eigenvalue weighted by Crippen LogP contribution is 2.35. The fourth-order valence-electron chi connectivity index (χ4n) is 3.77. The average molecular weight is 334 g/mol. The van der Waals surface area contributed by atoms with Gasteiger partial charge in [0, 0.05) is 5.39 Å². The van der Waals surface area contributed by atoms with Gasteiger partial charge in [-0.25, -0.2) is 0 Å². The lowest BCUT2D eigenvalue weighted by Gasteiger charge is -2.11. The van der Waals surface area contributed by atoms with Crippen LogP contribution >= 0.6 is 0 Å². The zero-order chi connectivity index (χ0) is 17.5. The van der Waals surface area contributed by atoms with Crippen molar-refractivity contribution >= 4 is 43.1 Å². The Morgan fingerprint density at radius 2 is 1.23 bits per heavy atom. The maximum atomic E-state index is 5.88. The Labute approximate surface area is 152 Å². The van der Waals surface area contributed by atoms with Crippen LogP contribution in [0.1, 0.15) is 0 Å². The highest BCUT2D eigenvalue weighted by molar-refractivity contribution is 6.15. The summed E-state index contributed by atoms with van der Waals surface area (Å²) in [5.41, 5.74) is 0. The van der Waals surface area contributed by atoms with Gasteiger partial charge in [0.1, 0.15) is 12.4 Å². The summed E-state index contributed by atoms with van der Waals surface area (Å²) < 4.78 is 5.88. The second-order valence-corrected chi connectivity index (χ2v) is 6.64. The normalized spacial score (nSPS) is 11.4. The number of rotatable bonds is 3. The molecule has 0 spiro atoms. The molecular formula is C25H18O. The molecule has 0 atom stereocenters. The lowest BCUT2D eigenvalue weighted by Crippen LogP contribution is -1.93. The van der Waals surface area contributed by atoms with Crippen LogP contribution < -0.4 is 4.74 Å². The van der Waals surface area contributed by atoms with Crippen molar-refractivity contribution in [2.24, 2.45) is 0 Å². The van der Waals surface area contributed by atoms with Crippen molar-refractivity contribution in [1.29, 1.82) is 0 Å². The summed E-state index contributed by atoms with van der Waals surface area (Å²) >= 11 is 0. The molecule has 5 aromatic carbocycles. The van der Waals surface area contributed by atoms with E-state index in [1.54, 1.807) is 6.08 Å². The van der Waals surface area contributed by atoms with Gasteiger partial charge >= 0.3 is 0 Å². The van der Waals surface area contributed by atoms with Crippen molar-refractivity contribution in [2.75, 3.05) is 6.61 Å². The van der Waals surface area contributed by atoms with Crippen molar-refractivity contribution in [1.82, 2.24) is 0 Å². The van der Waals surface area contributed by atoms with Crippen LogP contribution in [0.2, 0.25) is 0 Å². The van der Waals surface area contributed by atoms with E-state index in [1.165, 1.54) is 37.7 Å². The van der Waals surface area contributed by atoms with Crippen LogP contribution in [0, 0.1) is 0 Å². The SMILES string of the molecule is C=CCOc1cccc2cc3ccc4cc5ccccc5cc4c3cc12. The molecular weight excluding hydrogens is 316 g/mol. The Hall–Kier alpha value is -3.32. The molecule has 0 aliphatic heterocycles. The van der Waals surface area contributed by atoms with Gasteiger partial charge in [-0.1, -0.05) is 61.2 Å². The maximum absolute atomic E-state index is 5.88. The zero-order valence-corrected chi connectivity index (χ0v) is 14.4. The molecule has 0 radical (unpaired) electrons. The molecule has 0 unspecified atom stereocenters. The molecule has 0 saturated carbocycles.